The summed E-state index contributed by atoms with van der Waals surface area (Å²) >= 11 is 0. The summed E-state index contributed by atoms with van der Waals surface area (Å²) in [5.41, 5.74) is 3.18. The Morgan fingerprint density at radius 2 is 1.83 bits per heavy atom. The molecule has 29 heavy (non-hydrogen) atoms. The molecule has 0 fully saturated rings. The maximum atomic E-state index is 12.5. The molecule has 0 unspecified atom stereocenters. The summed E-state index contributed by atoms with van der Waals surface area (Å²) in [6.45, 7) is 5.42. The highest BCUT2D eigenvalue weighted by Gasteiger charge is 2.11. The molecule has 2 amide bonds. The number of carbonyl (C=O) groups excluding carboxylic acids is 2. The van der Waals surface area contributed by atoms with E-state index in [1.165, 1.54) is 0 Å². The number of rotatable bonds is 7. The van der Waals surface area contributed by atoms with Crippen molar-refractivity contribution in [3.8, 4) is 0 Å². The van der Waals surface area contributed by atoms with Gasteiger partial charge in [-0.3, -0.25) is 9.59 Å². The van der Waals surface area contributed by atoms with Gasteiger partial charge in [-0.2, -0.15) is 0 Å². The highest BCUT2D eigenvalue weighted by Crippen LogP contribution is 2.15. The molecular formula is C20H25Cl2N5O2. The predicted octanol–water partition coefficient (Wildman–Crippen LogP) is 3.39. The zero-order valence-corrected chi connectivity index (χ0v) is 17.8. The largest absolute Gasteiger partial charge is 0.350 e. The smallest absolute Gasteiger partial charge is 0.255 e. The number of H-pyrrole nitrogens is 1. The van der Waals surface area contributed by atoms with Crippen LogP contribution in [-0.2, 0) is 0 Å². The Morgan fingerprint density at radius 3 is 2.59 bits per heavy atom. The van der Waals surface area contributed by atoms with E-state index in [9.17, 15) is 9.59 Å². The number of fused-ring (bicyclic) bond motifs is 1. The Bertz CT molecular complexity index is 961. The first-order chi connectivity index (χ1) is 13.1. The Balaban J connectivity index is 0.00000210. The van der Waals surface area contributed by atoms with Crippen LogP contribution in [0.5, 0.6) is 0 Å². The average Bonchev–Trinajstić information content (AvgIpc) is 3.14. The van der Waals surface area contributed by atoms with E-state index in [4.69, 9.17) is 0 Å². The highest BCUT2D eigenvalue weighted by molar-refractivity contribution is 6.06. The number of nitrogens with zero attached hydrogens (tertiary/aromatic N) is 1. The molecule has 0 saturated heterocycles. The van der Waals surface area contributed by atoms with Crippen molar-refractivity contribution in [2.24, 2.45) is 0 Å². The van der Waals surface area contributed by atoms with Crippen LogP contribution in [0.3, 0.4) is 0 Å². The van der Waals surface area contributed by atoms with Gasteiger partial charge in [-0.05, 0) is 49.9 Å². The fraction of sp³-hybridized carbons (Fsp3) is 0.250. The van der Waals surface area contributed by atoms with E-state index in [1.807, 2.05) is 13.8 Å². The molecule has 0 saturated carbocycles. The number of aromatic amines is 1. The number of imidazole rings is 1. The fourth-order valence-electron chi connectivity index (χ4n) is 2.79. The molecule has 0 bridgehead atoms. The Hall–Kier alpha value is -2.61. The second-order valence-electron chi connectivity index (χ2n) is 6.34. The van der Waals surface area contributed by atoms with Gasteiger partial charge in [0.1, 0.15) is 0 Å². The van der Waals surface area contributed by atoms with Crippen molar-refractivity contribution in [1.82, 2.24) is 20.6 Å². The van der Waals surface area contributed by atoms with Crippen molar-refractivity contribution in [2.45, 2.75) is 19.9 Å². The molecular weight excluding hydrogens is 413 g/mol. The Kier molecular flexibility index (Phi) is 9.61. The summed E-state index contributed by atoms with van der Waals surface area (Å²) in [5.74, 6) is -0.417. The van der Waals surface area contributed by atoms with Gasteiger partial charge in [0.15, 0.2) is 0 Å². The minimum absolute atomic E-state index is 0. The second-order valence-corrected chi connectivity index (χ2v) is 6.34. The van der Waals surface area contributed by atoms with Crippen molar-refractivity contribution in [1.29, 1.82) is 0 Å². The van der Waals surface area contributed by atoms with Crippen molar-refractivity contribution >= 4 is 53.3 Å². The number of carbonyl (C=O) groups is 2. The summed E-state index contributed by atoms with van der Waals surface area (Å²) in [7, 11) is 0. The van der Waals surface area contributed by atoms with E-state index in [0.29, 0.717) is 23.4 Å². The van der Waals surface area contributed by atoms with Crippen molar-refractivity contribution in [2.75, 3.05) is 18.4 Å². The quantitative estimate of drug-likeness (QED) is 0.455. The van der Waals surface area contributed by atoms with E-state index in [0.717, 1.165) is 17.6 Å². The van der Waals surface area contributed by atoms with Gasteiger partial charge in [-0.15, -0.1) is 24.8 Å². The SMILES string of the molecule is CCN[C@H](C)CNC(=O)c1cccc(NC(=O)c2ccc3nc[nH]c3c2)c1.Cl.Cl. The fourth-order valence-corrected chi connectivity index (χ4v) is 2.79. The van der Waals surface area contributed by atoms with Gasteiger partial charge in [0, 0.05) is 29.4 Å². The van der Waals surface area contributed by atoms with Crippen molar-refractivity contribution in [3.63, 3.8) is 0 Å². The molecule has 0 spiro atoms. The highest BCUT2D eigenvalue weighted by atomic mass is 35.5. The summed E-state index contributed by atoms with van der Waals surface area (Å²) in [6, 6.07) is 12.3. The van der Waals surface area contributed by atoms with Crippen LogP contribution < -0.4 is 16.0 Å². The Morgan fingerprint density at radius 1 is 1.07 bits per heavy atom. The van der Waals surface area contributed by atoms with E-state index < -0.39 is 0 Å². The molecule has 3 rings (SSSR count). The zero-order chi connectivity index (χ0) is 19.2. The molecule has 0 radical (unpaired) electrons. The third-order valence-electron chi connectivity index (χ3n) is 4.19. The molecule has 1 aromatic heterocycles. The number of nitrogens with one attached hydrogen (secondary N) is 4. The van der Waals surface area contributed by atoms with Crippen LogP contribution in [0.4, 0.5) is 5.69 Å². The van der Waals surface area contributed by atoms with Gasteiger partial charge < -0.3 is 20.9 Å². The molecule has 1 atom stereocenters. The van der Waals surface area contributed by atoms with Crippen LogP contribution in [0.15, 0.2) is 48.8 Å². The summed E-state index contributed by atoms with van der Waals surface area (Å²) in [6.07, 6.45) is 1.59. The second kappa shape index (κ2) is 11.4. The number of anilines is 1. The van der Waals surface area contributed by atoms with E-state index in [-0.39, 0.29) is 42.7 Å². The lowest BCUT2D eigenvalue weighted by Crippen LogP contribution is -2.38. The number of aromatic nitrogens is 2. The lowest BCUT2D eigenvalue weighted by molar-refractivity contribution is 0.0949. The number of benzene rings is 2. The predicted molar refractivity (Wildman–Crippen MR) is 120 cm³/mol. The topological polar surface area (TPSA) is 98.9 Å². The maximum absolute atomic E-state index is 12.5. The van der Waals surface area contributed by atoms with Crippen LogP contribution in [-0.4, -0.2) is 40.9 Å². The third kappa shape index (κ3) is 6.45. The number of likely N-dealkylation sites (N-methyl/N-ethyl adjacent to an activating group) is 1. The summed E-state index contributed by atoms with van der Waals surface area (Å²) in [4.78, 5) is 31.9. The monoisotopic (exact) mass is 437 g/mol. The molecule has 156 valence electrons. The Labute approximate surface area is 181 Å². The van der Waals surface area contributed by atoms with Gasteiger partial charge in [0.2, 0.25) is 0 Å². The van der Waals surface area contributed by atoms with Crippen LogP contribution >= 0.6 is 24.8 Å². The number of amides is 2. The first-order valence-corrected chi connectivity index (χ1v) is 8.93. The molecule has 4 N–H and O–H groups in total. The molecule has 1 heterocycles. The molecule has 0 aliphatic rings. The summed E-state index contributed by atoms with van der Waals surface area (Å²) < 4.78 is 0. The van der Waals surface area contributed by atoms with Crippen LogP contribution in [0.25, 0.3) is 11.0 Å². The zero-order valence-electron chi connectivity index (χ0n) is 16.2. The minimum Gasteiger partial charge on any atom is -0.350 e. The third-order valence-corrected chi connectivity index (χ3v) is 4.19. The molecule has 9 heteroatoms. The standard InChI is InChI=1S/C20H23N5O2.2ClH/c1-3-21-13(2)11-22-19(26)14-5-4-6-16(9-14)25-20(27)15-7-8-17-18(10-15)24-12-23-17;;/h4-10,12-13,21H,3,11H2,1-2H3,(H,22,26)(H,23,24)(H,25,27);2*1H/t13-;;/m1../s1. The molecule has 0 aliphatic carbocycles. The normalized spacial score (nSPS) is 11.1. The van der Waals surface area contributed by atoms with E-state index >= 15 is 0 Å². The first kappa shape index (κ1) is 24.4. The van der Waals surface area contributed by atoms with Crippen LogP contribution in [0.1, 0.15) is 34.6 Å². The lowest BCUT2D eigenvalue weighted by atomic mass is 10.1. The molecule has 3 aromatic rings. The van der Waals surface area contributed by atoms with Crippen LogP contribution in [0.2, 0.25) is 0 Å². The van der Waals surface area contributed by atoms with Gasteiger partial charge in [0.05, 0.1) is 17.4 Å². The molecule has 7 nitrogen and oxygen atoms in total. The number of halogens is 2. The van der Waals surface area contributed by atoms with Crippen LogP contribution in [0, 0.1) is 0 Å². The van der Waals surface area contributed by atoms with Crippen molar-refractivity contribution < 1.29 is 9.59 Å². The van der Waals surface area contributed by atoms with Gasteiger partial charge in [0.25, 0.3) is 11.8 Å². The number of hydrogen-bond donors (Lipinski definition) is 4. The van der Waals surface area contributed by atoms with E-state index in [1.54, 1.807) is 48.8 Å². The lowest BCUT2D eigenvalue weighted by Gasteiger charge is -2.13. The first-order valence-electron chi connectivity index (χ1n) is 8.93. The van der Waals surface area contributed by atoms with Gasteiger partial charge in [-0.1, -0.05) is 13.0 Å². The maximum Gasteiger partial charge on any atom is 0.255 e. The molecule has 0 aliphatic heterocycles. The average molecular weight is 438 g/mol. The summed E-state index contributed by atoms with van der Waals surface area (Å²) in [5, 5.41) is 8.96. The molecule has 2 aromatic carbocycles. The van der Waals surface area contributed by atoms with Gasteiger partial charge >= 0.3 is 0 Å². The van der Waals surface area contributed by atoms with Crippen molar-refractivity contribution in [3.05, 3.63) is 59.9 Å². The van der Waals surface area contributed by atoms with E-state index in [2.05, 4.69) is 25.9 Å². The number of hydrogen-bond acceptors (Lipinski definition) is 4. The van der Waals surface area contributed by atoms with Gasteiger partial charge in [-0.25, -0.2) is 4.98 Å². The minimum atomic E-state index is -0.246.